The Balaban J connectivity index is 1.57. The molecule has 3 rings (SSSR count). The summed E-state index contributed by atoms with van der Waals surface area (Å²) in [6.45, 7) is 4.91. The third-order valence-corrected chi connectivity index (χ3v) is 3.91. The van der Waals surface area contributed by atoms with Gasteiger partial charge in [0.15, 0.2) is 0 Å². The topological polar surface area (TPSA) is 49.8 Å². The average molecular weight is 332 g/mol. The molecule has 0 saturated heterocycles. The summed E-state index contributed by atoms with van der Waals surface area (Å²) >= 11 is 0. The molecule has 4 heteroatoms. The normalized spacial score (nSPS) is 10.5. The molecule has 0 radical (unpaired) electrons. The predicted octanol–water partition coefficient (Wildman–Crippen LogP) is 4.88. The molecule has 0 aliphatic heterocycles. The van der Waals surface area contributed by atoms with Crippen LogP contribution < -0.4 is 10.6 Å². The van der Waals surface area contributed by atoms with Crippen LogP contribution >= 0.6 is 0 Å². The van der Waals surface area contributed by atoms with Gasteiger partial charge >= 0.3 is 0 Å². The number of hydrogen-bond acceptors (Lipinski definition) is 4. The van der Waals surface area contributed by atoms with Crippen LogP contribution in [0.25, 0.3) is 0 Å². The van der Waals surface area contributed by atoms with Crippen LogP contribution in [0.5, 0.6) is 0 Å². The largest absolute Gasteiger partial charge is 0.354 e. The first-order chi connectivity index (χ1) is 12.2. The molecule has 0 amide bonds. The Labute approximate surface area is 149 Å². The Bertz CT molecular complexity index is 815. The van der Waals surface area contributed by atoms with Gasteiger partial charge in [-0.3, -0.25) is 0 Å². The second-order valence-electron chi connectivity index (χ2n) is 6.23. The quantitative estimate of drug-likeness (QED) is 0.605. The molecule has 0 atom stereocenters. The summed E-state index contributed by atoms with van der Waals surface area (Å²) in [6, 6.07) is 20.7. The maximum atomic E-state index is 4.57. The van der Waals surface area contributed by atoms with Crippen molar-refractivity contribution in [2.75, 3.05) is 17.2 Å². The van der Waals surface area contributed by atoms with E-state index in [0.717, 1.165) is 36.6 Å². The van der Waals surface area contributed by atoms with E-state index in [9.17, 15) is 0 Å². The Morgan fingerprint density at radius 2 is 1.72 bits per heavy atom. The molecule has 3 aromatic rings. The fourth-order valence-electron chi connectivity index (χ4n) is 2.72. The van der Waals surface area contributed by atoms with E-state index in [1.807, 2.05) is 31.2 Å². The Kier molecular flexibility index (Phi) is 5.62. The van der Waals surface area contributed by atoms with Crippen molar-refractivity contribution in [3.63, 3.8) is 0 Å². The van der Waals surface area contributed by atoms with Gasteiger partial charge in [-0.05, 0) is 49.9 Å². The highest BCUT2D eigenvalue weighted by Crippen LogP contribution is 2.17. The Morgan fingerprint density at radius 1 is 0.880 bits per heavy atom. The van der Waals surface area contributed by atoms with Gasteiger partial charge in [-0.15, -0.1) is 0 Å². The van der Waals surface area contributed by atoms with Crippen molar-refractivity contribution in [3.05, 3.63) is 77.5 Å². The van der Waals surface area contributed by atoms with Crippen molar-refractivity contribution < 1.29 is 0 Å². The minimum absolute atomic E-state index is 0.670. The molecule has 0 aliphatic carbocycles. The number of aromatic nitrogens is 2. The highest BCUT2D eigenvalue weighted by molar-refractivity contribution is 5.58. The first-order valence-corrected chi connectivity index (χ1v) is 8.66. The molecule has 1 aromatic heterocycles. The fourth-order valence-corrected chi connectivity index (χ4v) is 2.72. The number of anilines is 3. The van der Waals surface area contributed by atoms with Crippen LogP contribution in [0.3, 0.4) is 0 Å². The summed E-state index contributed by atoms with van der Waals surface area (Å²) in [5.74, 6) is 1.48. The van der Waals surface area contributed by atoms with Crippen molar-refractivity contribution in [3.8, 4) is 0 Å². The summed E-state index contributed by atoms with van der Waals surface area (Å²) in [5, 5.41) is 6.68. The summed E-state index contributed by atoms with van der Waals surface area (Å²) < 4.78 is 0. The summed E-state index contributed by atoms with van der Waals surface area (Å²) in [4.78, 5) is 9.05. The number of benzene rings is 2. The van der Waals surface area contributed by atoms with Crippen molar-refractivity contribution in [2.24, 2.45) is 0 Å². The molecule has 2 aromatic carbocycles. The minimum Gasteiger partial charge on any atom is -0.354 e. The van der Waals surface area contributed by atoms with Gasteiger partial charge in [0, 0.05) is 24.0 Å². The summed E-state index contributed by atoms with van der Waals surface area (Å²) in [6.07, 6.45) is 2.09. The van der Waals surface area contributed by atoms with E-state index < -0.39 is 0 Å². The van der Waals surface area contributed by atoms with E-state index in [1.165, 1.54) is 11.1 Å². The smallest absolute Gasteiger partial charge is 0.224 e. The van der Waals surface area contributed by atoms with Crippen LogP contribution in [-0.4, -0.2) is 16.5 Å². The van der Waals surface area contributed by atoms with Crippen molar-refractivity contribution in [1.82, 2.24) is 9.97 Å². The van der Waals surface area contributed by atoms with E-state index in [4.69, 9.17) is 0 Å². The number of nitrogens with one attached hydrogen (secondary N) is 2. The Hall–Kier alpha value is -2.88. The second-order valence-corrected chi connectivity index (χ2v) is 6.23. The molecule has 25 heavy (non-hydrogen) atoms. The zero-order valence-corrected chi connectivity index (χ0v) is 14.8. The van der Waals surface area contributed by atoms with Crippen LogP contribution in [0.4, 0.5) is 17.5 Å². The number of hydrogen-bond donors (Lipinski definition) is 2. The first-order valence-electron chi connectivity index (χ1n) is 8.66. The zero-order valence-electron chi connectivity index (χ0n) is 14.8. The van der Waals surface area contributed by atoms with Gasteiger partial charge in [-0.1, -0.05) is 42.5 Å². The van der Waals surface area contributed by atoms with E-state index in [-0.39, 0.29) is 0 Å². The number of rotatable bonds is 7. The minimum atomic E-state index is 0.670. The van der Waals surface area contributed by atoms with Crippen LogP contribution in [0.1, 0.15) is 23.2 Å². The summed E-state index contributed by atoms with van der Waals surface area (Å²) in [5.41, 5.74) is 4.55. The molecule has 0 saturated carbocycles. The molecule has 4 nitrogen and oxygen atoms in total. The van der Waals surface area contributed by atoms with Crippen LogP contribution in [0, 0.1) is 13.8 Å². The van der Waals surface area contributed by atoms with Crippen LogP contribution in [0.2, 0.25) is 0 Å². The lowest BCUT2D eigenvalue weighted by Gasteiger charge is -2.10. The van der Waals surface area contributed by atoms with E-state index in [0.29, 0.717) is 5.95 Å². The van der Waals surface area contributed by atoms with E-state index >= 15 is 0 Å². The first kappa shape index (κ1) is 17.0. The standard InChI is InChI=1S/C21H24N4/c1-16-8-6-12-19(14-16)24-20-15-17(2)23-21(25-20)22-13-7-11-18-9-4-3-5-10-18/h3-6,8-10,12,14-15H,7,11,13H2,1-2H3,(H2,22,23,24,25). The number of nitrogens with zero attached hydrogens (tertiary/aromatic N) is 2. The molecule has 0 bridgehead atoms. The lowest BCUT2D eigenvalue weighted by atomic mass is 10.1. The second kappa shape index (κ2) is 8.29. The van der Waals surface area contributed by atoms with Crippen molar-refractivity contribution in [1.29, 1.82) is 0 Å². The SMILES string of the molecule is Cc1cccc(Nc2cc(C)nc(NCCCc3ccccc3)n2)c1. The van der Waals surface area contributed by atoms with Gasteiger partial charge < -0.3 is 10.6 Å². The van der Waals surface area contributed by atoms with Gasteiger partial charge in [-0.2, -0.15) is 4.98 Å². The average Bonchev–Trinajstić information content (AvgIpc) is 2.59. The van der Waals surface area contributed by atoms with Gasteiger partial charge in [0.05, 0.1) is 0 Å². The van der Waals surface area contributed by atoms with Gasteiger partial charge in [0.25, 0.3) is 0 Å². The fraction of sp³-hybridized carbons (Fsp3) is 0.238. The van der Waals surface area contributed by atoms with E-state index in [1.54, 1.807) is 0 Å². The highest BCUT2D eigenvalue weighted by Gasteiger charge is 2.03. The molecular weight excluding hydrogens is 308 g/mol. The predicted molar refractivity (Wildman–Crippen MR) is 104 cm³/mol. The molecule has 1 heterocycles. The molecule has 0 unspecified atom stereocenters. The molecule has 2 N–H and O–H groups in total. The molecule has 0 aliphatic rings. The maximum absolute atomic E-state index is 4.57. The van der Waals surface area contributed by atoms with Gasteiger partial charge in [0.1, 0.15) is 5.82 Å². The zero-order chi connectivity index (χ0) is 17.5. The Morgan fingerprint density at radius 3 is 2.52 bits per heavy atom. The summed E-state index contributed by atoms with van der Waals surface area (Å²) in [7, 11) is 0. The van der Waals surface area contributed by atoms with Gasteiger partial charge in [0.2, 0.25) is 5.95 Å². The van der Waals surface area contributed by atoms with Crippen LogP contribution in [-0.2, 0) is 6.42 Å². The molecule has 0 spiro atoms. The lowest BCUT2D eigenvalue weighted by molar-refractivity contribution is 0.851. The number of aryl methyl sites for hydroxylation is 3. The molecular formula is C21H24N4. The van der Waals surface area contributed by atoms with E-state index in [2.05, 4.69) is 63.9 Å². The monoisotopic (exact) mass is 332 g/mol. The highest BCUT2D eigenvalue weighted by atomic mass is 15.1. The molecule has 0 fully saturated rings. The molecule has 128 valence electrons. The van der Waals surface area contributed by atoms with Crippen molar-refractivity contribution in [2.45, 2.75) is 26.7 Å². The third-order valence-electron chi connectivity index (χ3n) is 3.91. The van der Waals surface area contributed by atoms with Crippen molar-refractivity contribution >= 4 is 17.5 Å². The lowest BCUT2D eigenvalue weighted by Crippen LogP contribution is -2.08. The third kappa shape index (κ3) is 5.31. The maximum Gasteiger partial charge on any atom is 0.224 e. The van der Waals surface area contributed by atoms with Crippen LogP contribution in [0.15, 0.2) is 60.7 Å². The van der Waals surface area contributed by atoms with Gasteiger partial charge in [-0.25, -0.2) is 4.98 Å².